The lowest BCUT2D eigenvalue weighted by Crippen LogP contribution is -2.45. The molecule has 5 nitrogen and oxygen atoms in total. The highest BCUT2D eigenvalue weighted by Gasteiger charge is 2.22. The number of phenols is 2. The number of rotatable bonds is 4. The Labute approximate surface area is 118 Å². The maximum Gasteiger partial charge on any atom is 0.223 e. The van der Waals surface area contributed by atoms with Crippen molar-refractivity contribution in [2.24, 2.45) is 0 Å². The van der Waals surface area contributed by atoms with Gasteiger partial charge in [-0.2, -0.15) is 0 Å². The van der Waals surface area contributed by atoms with E-state index in [1.54, 1.807) is 6.07 Å². The Bertz CT molecular complexity index is 475. The number of benzene rings is 1. The summed E-state index contributed by atoms with van der Waals surface area (Å²) in [4.78, 5) is 14.0. The van der Waals surface area contributed by atoms with Crippen LogP contribution >= 0.6 is 0 Å². The molecule has 2 N–H and O–H groups in total. The molecule has 2 rings (SSSR count). The number of ether oxygens (including phenoxy) is 1. The van der Waals surface area contributed by atoms with Crippen molar-refractivity contribution in [1.29, 1.82) is 0 Å². The molecule has 1 amide bonds. The molecule has 0 saturated carbocycles. The first kappa shape index (κ1) is 14.7. The number of morpholine rings is 1. The highest BCUT2D eigenvalue weighted by atomic mass is 16.5. The van der Waals surface area contributed by atoms with Gasteiger partial charge in [-0.3, -0.25) is 4.79 Å². The third-order valence-electron chi connectivity index (χ3n) is 3.61. The van der Waals surface area contributed by atoms with Crippen molar-refractivity contribution >= 4 is 5.91 Å². The first-order valence-electron chi connectivity index (χ1n) is 7.00. The number of carbonyl (C=O) groups is 1. The molecule has 1 aliphatic rings. The van der Waals surface area contributed by atoms with Crippen molar-refractivity contribution in [3.8, 4) is 11.5 Å². The van der Waals surface area contributed by atoms with Crippen LogP contribution in [-0.4, -0.2) is 46.8 Å². The molecule has 0 aliphatic carbocycles. The van der Waals surface area contributed by atoms with Crippen LogP contribution in [0.5, 0.6) is 11.5 Å². The van der Waals surface area contributed by atoms with Gasteiger partial charge in [0.2, 0.25) is 5.91 Å². The van der Waals surface area contributed by atoms with E-state index in [1.807, 2.05) is 4.90 Å². The maximum absolute atomic E-state index is 12.1. The average molecular weight is 279 g/mol. The molecule has 1 atom stereocenters. The number of phenolic OH excluding ortho intramolecular Hbond substituents is 2. The number of hydrogen-bond acceptors (Lipinski definition) is 4. The van der Waals surface area contributed by atoms with Gasteiger partial charge in [-0.1, -0.05) is 13.0 Å². The fourth-order valence-corrected chi connectivity index (χ4v) is 2.33. The van der Waals surface area contributed by atoms with Crippen molar-refractivity contribution in [2.75, 3.05) is 19.7 Å². The largest absolute Gasteiger partial charge is 0.504 e. The highest BCUT2D eigenvalue weighted by Crippen LogP contribution is 2.25. The lowest BCUT2D eigenvalue weighted by Gasteiger charge is -2.32. The van der Waals surface area contributed by atoms with Crippen LogP contribution in [-0.2, 0) is 16.0 Å². The standard InChI is InChI=1S/C15H21NO4/c1-2-12-10-16(7-8-20-12)15(19)6-4-11-3-5-13(17)14(18)9-11/h3,5,9,12,17-18H,2,4,6-8,10H2,1H3/t12-/m0/s1. The van der Waals surface area contributed by atoms with Crippen molar-refractivity contribution in [3.63, 3.8) is 0 Å². The van der Waals surface area contributed by atoms with E-state index in [1.165, 1.54) is 12.1 Å². The molecule has 1 aromatic carbocycles. The number of aryl methyl sites for hydroxylation is 1. The van der Waals surface area contributed by atoms with Gasteiger partial charge >= 0.3 is 0 Å². The summed E-state index contributed by atoms with van der Waals surface area (Å²) in [6.07, 6.45) is 2.02. The molecule has 1 aromatic rings. The summed E-state index contributed by atoms with van der Waals surface area (Å²) in [5.74, 6) is -0.175. The molecule has 20 heavy (non-hydrogen) atoms. The van der Waals surface area contributed by atoms with Crippen LogP contribution in [0.15, 0.2) is 18.2 Å². The van der Waals surface area contributed by atoms with E-state index in [-0.39, 0.29) is 23.5 Å². The molecular weight excluding hydrogens is 258 g/mol. The van der Waals surface area contributed by atoms with Gasteiger partial charge in [0, 0.05) is 19.5 Å². The van der Waals surface area contributed by atoms with Crippen LogP contribution in [0, 0.1) is 0 Å². The summed E-state index contributed by atoms with van der Waals surface area (Å²) < 4.78 is 5.54. The number of aromatic hydroxyl groups is 2. The lowest BCUT2D eigenvalue weighted by molar-refractivity contribution is -0.138. The van der Waals surface area contributed by atoms with E-state index in [9.17, 15) is 15.0 Å². The van der Waals surface area contributed by atoms with Crippen molar-refractivity contribution in [1.82, 2.24) is 4.90 Å². The first-order chi connectivity index (χ1) is 9.60. The Hall–Kier alpha value is -1.75. The highest BCUT2D eigenvalue weighted by molar-refractivity contribution is 5.76. The van der Waals surface area contributed by atoms with Gasteiger partial charge in [0.15, 0.2) is 11.5 Å². The van der Waals surface area contributed by atoms with E-state index in [0.717, 1.165) is 12.0 Å². The molecule has 0 bridgehead atoms. The molecule has 0 radical (unpaired) electrons. The normalized spacial score (nSPS) is 19.1. The van der Waals surface area contributed by atoms with Gasteiger partial charge in [0.25, 0.3) is 0 Å². The predicted octanol–water partition coefficient (Wildman–Crippen LogP) is 1.67. The second-order valence-electron chi connectivity index (χ2n) is 5.06. The van der Waals surface area contributed by atoms with Crippen LogP contribution in [0.2, 0.25) is 0 Å². The molecule has 1 aliphatic heterocycles. The molecule has 1 saturated heterocycles. The van der Waals surface area contributed by atoms with Gasteiger partial charge in [-0.15, -0.1) is 0 Å². The molecule has 0 aromatic heterocycles. The fourth-order valence-electron chi connectivity index (χ4n) is 2.33. The van der Waals surface area contributed by atoms with Crippen LogP contribution in [0.3, 0.4) is 0 Å². The summed E-state index contributed by atoms with van der Waals surface area (Å²) in [7, 11) is 0. The number of amides is 1. The van der Waals surface area contributed by atoms with Crippen molar-refractivity contribution < 1.29 is 19.7 Å². The average Bonchev–Trinajstić information content (AvgIpc) is 2.48. The SMILES string of the molecule is CC[C@H]1CN(C(=O)CCc2ccc(O)c(O)c2)CCO1. The summed E-state index contributed by atoms with van der Waals surface area (Å²) in [6.45, 7) is 3.97. The van der Waals surface area contributed by atoms with Crippen LogP contribution in [0.25, 0.3) is 0 Å². The van der Waals surface area contributed by atoms with Gasteiger partial charge in [-0.25, -0.2) is 0 Å². The summed E-state index contributed by atoms with van der Waals surface area (Å²) >= 11 is 0. The van der Waals surface area contributed by atoms with Crippen LogP contribution in [0.4, 0.5) is 0 Å². The minimum atomic E-state index is -0.146. The number of nitrogens with zero attached hydrogens (tertiary/aromatic N) is 1. The molecule has 0 spiro atoms. The molecular formula is C15H21NO4. The minimum Gasteiger partial charge on any atom is -0.504 e. The number of hydrogen-bond donors (Lipinski definition) is 2. The zero-order valence-corrected chi connectivity index (χ0v) is 11.7. The maximum atomic E-state index is 12.1. The monoisotopic (exact) mass is 279 g/mol. The lowest BCUT2D eigenvalue weighted by atomic mass is 10.1. The quantitative estimate of drug-likeness (QED) is 0.823. The second kappa shape index (κ2) is 6.61. The Kier molecular flexibility index (Phi) is 4.84. The Morgan fingerprint density at radius 1 is 1.40 bits per heavy atom. The Morgan fingerprint density at radius 3 is 2.90 bits per heavy atom. The van der Waals surface area contributed by atoms with Crippen molar-refractivity contribution in [3.05, 3.63) is 23.8 Å². The topological polar surface area (TPSA) is 70.0 Å². The smallest absolute Gasteiger partial charge is 0.223 e. The van der Waals surface area contributed by atoms with Crippen molar-refractivity contribution in [2.45, 2.75) is 32.3 Å². The molecule has 0 unspecified atom stereocenters. The molecule has 1 fully saturated rings. The van der Waals surface area contributed by atoms with E-state index in [2.05, 4.69) is 6.92 Å². The van der Waals surface area contributed by atoms with E-state index >= 15 is 0 Å². The third kappa shape index (κ3) is 3.63. The van der Waals surface area contributed by atoms with Gasteiger partial charge < -0.3 is 19.8 Å². The molecule has 110 valence electrons. The Morgan fingerprint density at radius 2 is 2.20 bits per heavy atom. The minimum absolute atomic E-state index is 0.110. The third-order valence-corrected chi connectivity index (χ3v) is 3.61. The van der Waals surface area contributed by atoms with E-state index < -0.39 is 0 Å². The summed E-state index contributed by atoms with van der Waals surface area (Å²) in [6, 6.07) is 4.66. The van der Waals surface area contributed by atoms with E-state index in [0.29, 0.717) is 32.5 Å². The summed E-state index contributed by atoms with van der Waals surface area (Å²) in [5, 5.41) is 18.7. The zero-order valence-electron chi connectivity index (χ0n) is 11.7. The fraction of sp³-hybridized carbons (Fsp3) is 0.533. The van der Waals surface area contributed by atoms with Gasteiger partial charge in [-0.05, 0) is 30.5 Å². The molecule has 1 heterocycles. The zero-order chi connectivity index (χ0) is 14.5. The second-order valence-corrected chi connectivity index (χ2v) is 5.06. The van der Waals surface area contributed by atoms with Crippen LogP contribution < -0.4 is 0 Å². The van der Waals surface area contributed by atoms with Crippen LogP contribution in [0.1, 0.15) is 25.3 Å². The van der Waals surface area contributed by atoms with Gasteiger partial charge in [0.1, 0.15) is 0 Å². The predicted molar refractivity (Wildman–Crippen MR) is 74.7 cm³/mol. The van der Waals surface area contributed by atoms with E-state index in [4.69, 9.17) is 4.74 Å². The number of carbonyl (C=O) groups excluding carboxylic acids is 1. The molecule has 5 heteroatoms. The first-order valence-corrected chi connectivity index (χ1v) is 7.00. The van der Waals surface area contributed by atoms with Gasteiger partial charge in [0.05, 0.1) is 12.7 Å². The Balaban J connectivity index is 1.86. The summed E-state index contributed by atoms with van der Waals surface area (Å²) in [5.41, 5.74) is 0.842.